The molecule has 0 aliphatic heterocycles. The highest BCUT2D eigenvalue weighted by molar-refractivity contribution is 5.81. The maximum atomic E-state index is 8.79. The number of rotatable bonds is 4. The standard InChI is InChI=1S/C16H13N2O/c1-13-5-2-3-8-16(13)11-18-19-12-15-7-4-6-14(9-15)10-17/h2-9H,12H2,1H3. The lowest BCUT2D eigenvalue weighted by atomic mass is 10.1. The minimum Gasteiger partial charge on any atom is -0.390 e. The van der Waals surface area contributed by atoms with Crippen LogP contribution in [-0.4, -0.2) is 6.21 Å². The highest BCUT2D eigenvalue weighted by atomic mass is 16.6. The van der Waals surface area contributed by atoms with E-state index in [2.05, 4.69) is 17.4 Å². The van der Waals surface area contributed by atoms with E-state index in [1.54, 1.807) is 12.1 Å². The van der Waals surface area contributed by atoms with E-state index in [0.29, 0.717) is 12.2 Å². The Hall–Kier alpha value is -2.60. The van der Waals surface area contributed by atoms with Crippen molar-refractivity contribution in [1.82, 2.24) is 0 Å². The molecular weight excluding hydrogens is 236 g/mol. The summed E-state index contributed by atoms with van der Waals surface area (Å²) in [5.74, 6) is 0. The molecule has 19 heavy (non-hydrogen) atoms. The van der Waals surface area contributed by atoms with Gasteiger partial charge in [-0.15, -0.1) is 0 Å². The molecule has 1 radical (unpaired) electrons. The summed E-state index contributed by atoms with van der Waals surface area (Å²) in [6.07, 6.45) is 2.85. The Labute approximate surface area is 112 Å². The lowest BCUT2D eigenvalue weighted by molar-refractivity contribution is 0.132. The molecule has 3 heteroatoms. The van der Waals surface area contributed by atoms with Gasteiger partial charge >= 0.3 is 0 Å². The molecule has 2 rings (SSSR count). The van der Waals surface area contributed by atoms with Gasteiger partial charge in [0.05, 0.1) is 11.6 Å². The van der Waals surface area contributed by atoms with Gasteiger partial charge < -0.3 is 4.84 Å². The van der Waals surface area contributed by atoms with Crippen LogP contribution in [-0.2, 0) is 11.4 Å². The van der Waals surface area contributed by atoms with Crippen molar-refractivity contribution in [3.8, 4) is 6.07 Å². The number of benzene rings is 2. The highest BCUT2D eigenvalue weighted by Gasteiger charge is 1.96. The minimum atomic E-state index is 0.328. The van der Waals surface area contributed by atoms with Crippen LogP contribution in [0, 0.1) is 18.3 Å². The van der Waals surface area contributed by atoms with Gasteiger partial charge in [0.2, 0.25) is 0 Å². The summed E-state index contributed by atoms with van der Waals surface area (Å²) in [6, 6.07) is 17.2. The van der Waals surface area contributed by atoms with Gasteiger partial charge in [-0.05, 0) is 30.2 Å². The molecule has 93 valence electrons. The molecule has 0 saturated heterocycles. The van der Waals surface area contributed by atoms with Crippen LogP contribution in [0.15, 0.2) is 53.7 Å². The van der Waals surface area contributed by atoms with Crippen LogP contribution >= 0.6 is 0 Å². The van der Waals surface area contributed by atoms with Crippen molar-refractivity contribution in [3.63, 3.8) is 0 Å². The topological polar surface area (TPSA) is 45.4 Å². The molecular formula is C16H13N2O. The average Bonchev–Trinajstić information content (AvgIpc) is 2.45. The summed E-state index contributed by atoms with van der Waals surface area (Å²) >= 11 is 0. The lowest BCUT2D eigenvalue weighted by Gasteiger charge is -2.00. The summed E-state index contributed by atoms with van der Waals surface area (Å²) in [4.78, 5) is 5.18. The van der Waals surface area contributed by atoms with E-state index < -0.39 is 0 Å². The number of hydrogen-bond donors (Lipinski definition) is 0. The molecule has 0 heterocycles. The fourth-order valence-electron chi connectivity index (χ4n) is 1.62. The molecule has 2 aromatic rings. The first-order valence-electron chi connectivity index (χ1n) is 5.92. The van der Waals surface area contributed by atoms with Gasteiger partial charge in [0, 0.05) is 5.56 Å². The summed E-state index contributed by atoms with van der Waals surface area (Å²) in [5.41, 5.74) is 3.54. The van der Waals surface area contributed by atoms with Crippen molar-refractivity contribution in [1.29, 1.82) is 5.26 Å². The molecule has 2 aromatic carbocycles. The molecule has 0 unspecified atom stereocenters. The van der Waals surface area contributed by atoms with E-state index in [4.69, 9.17) is 10.1 Å². The Bertz CT molecular complexity index is 627. The fourth-order valence-corrected chi connectivity index (χ4v) is 1.62. The zero-order valence-corrected chi connectivity index (χ0v) is 10.6. The Morgan fingerprint density at radius 2 is 2.00 bits per heavy atom. The van der Waals surface area contributed by atoms with E-state index in [0.717, 1.165) is 16.7 Å². The van der Waals surface area contributed by atoms with E-state index in [1.165, 1.54) is 0 Å². The molecule has 0 aliphatic carbocycles. The summed E-state index contributed by atoms with van der Waals surface area (Å²) in [6.45, 7) is 2.32. The zero-order valence-electron chi connectivity index (χ0n) is 10.6. The molecule has 0 aromatic heterocycles. The fraction of sp³-hybridized carbons (Fsp3) is 0.125. The van der Waals surface area contributed by atoms with Gasteiger partial charge in [-0.1, -0.05) is 41.6 Å². The second-order valence-corrected chi connectivity index (χ2v) is 4.10. The largest absolute Gasteiger partial charge is 0.390 e. The highest BCUT2D eigenvalue weighted by Crippen LogP contribution is 2.07. The third-order valence-corrected chi connectivity index (χ3v) is 2.66. The van der Waals surface area contributed by atoms with E-state index in [1.807, 2.05) is 43.3 Å². The first kappa shape index (κ1) is 12.8. The molecule has 0 atom stereocenters. The molecule has 0 aliphatic rings. The van der Waals surface area contributed by atoms with Crippen LogP contribution in [0.2, 0.25) is 0 Å². The molecule has 0 saturated carbocycles. The van der Waals surface area contributed by atoms with Crippen LogP contribution in [0.4, 0.5) is 0 Å². The van der Waals surface area contributed by atoms with Gasteiger partial charge in [-0.2, -0.15) is 5.26 Å². The second kappa shape index (κ2) is 6.36. The van der Waals surface area contributed by atoms with Crippen molar-refractivity contribution >= 4 is 6.21 Å². The SMILES string of the molecule is Cc1ccccc1/[C]=N\OCc1cccc(C#N)c1. The van der Waals surface area contributed by atoms with Crippen LogP contribution in [0.3, 0.4) is 0 Å². The molecule has 0 bridgehead atoms. The number of hydrogen-bond acceptors (Lipinski definition) is 3. The van der Waals surface area contributed by atoms with Crippen molar-refractivity contribution in [2.24, 2.45) is 5.16 Å². The van der Waals surface area contributed by atoms with Crippen molar-refractivity contribution in [2.45, 2.75) is 13.5 Å². The molecule has 0 spiro atoms. The van der Waals surface area contributed by atoms with Gasteiger partial charge in [0.1, 0.15) is 12.8 Å². The third kappa shape index (κ3) is 3.68. The number of nitrogens with zero attached hydrogens (tertiary/aromatic N) is 2. The van der Waals surface area contributed by atoms with E-state index >= 15 is 0 Å². The summed E-state index contributed by atoms with van der Waals surface area (Å²) in [5, 5.41) is 12.6. The predicted molar refractivity (Wildman–Crippen MR) is 73.7 cm³/mol. The van der Waals surface area contributed by atoms with Crippen LogP contribution in [0.25, 0.3) is 0 Å². The third-order valence-electron chi connectivity index (χ3n) is 2.66. The van der Waals surface area contributed by atoms with Gasteiger partial charge in [-0.25, -0.2) is 0 Å². The van der Waals surface area contributed by atoms with E-state index in [-0.39, 0.29) is 0 Å². The first-order valence-corrected chi connectivity index (χ1v) is 5.92. The first-order chi connectivity index (χ1) is 9.29. The Kier molecular flexibility index (Phi) is 4.30. The van der Waals surface area contributed by atoms with Crippen LogP contribution < -0.4 is 0 Å². The quantitative estimate of drug-likeness (QED) is 0.616. The van der Waals surface area contributed by atoms with Crippen molar-refractivity contribution in [3.05, 3.63) is 70.8 Å². The average molecular weight is 249 g/mol. The monoisotopic (exact) mass is 249 g/mol. The second-order valence-electron chi connectivity index (χ2n) is 4.10. The summed E-state index contributed by atoms with van der Waals surface area (Å²) in [7, 11) is 0. The maximum Gasteiger partial charge on any atom is 0.142 e. The lowest BCUT2D eigenvalue weighted by Crippen LogP contribution is -1.90. The molecule has 0 amide bonds. The van der Waals surface area contributed by atoms with E-state index in [9.17, 15) is 0 Å². The molecule has 0 N–H and O–H groups in total. The van der Waals surface area contributed by atoms with Gasteiger partial charge in [0.15, 0.2) is 0 Å². The number of nitriles is 1. The Morgan fingerprint density at radius 3 is 2.79 bits per heavy atom. The predicted octanol–water partition coefficient (Wildman–Crippen LogP) is 3.29. The van der Waals surface area contributed by atoms with Gasteiger partial charge in [0.25, 0.3) is 0 Å². The smallest absolute Gasteiger partial charge is 0.142 e. The van der Waals surface area contributed by atoms with Gasteiger partial charge in [-0.3, -0.25) is 0 Å². The van der Waals surface area contributed by atoms with Crippen molar-refractivity contribution < 1.29 is 4.84 Å². The molecule has 0 fully saturated rings. The normalized spacial score (nSPS) is 10.3. The Morgan fingerprint density at radius 1 is 1.16 bits per heavy atom. The van der Waals surface area contributed by atoms with Crippen molar-refractivity contribution in [2.75, 3.05) is 0 Å². The zero-order chi connectivity index (χ0) is 13.5. The minimum absolute atomic E-state index is 0.328. The van der Waals surface area contributed by atoms with Crippen LogP contribution in [0.1, 0.15) is 22.3 Å². The Balaban J connectivity index is 1.93. The molecule has 3 nitrogen and oxygen atoms in total. The maximum absolute atomic E-state index is 8.79. The summed E-state index contributed by atoms with van der Waals surface area (Å²) < 4.78 is 0. The van der Waals surface area contributed by atoms with Crippen LogP contribution in [0.5, 0.6) is 0 Å². The number of aryl methyl sites for hydroxylation is 1.